The first-order valence-electron chi connectivity index (χ1n) is 4.42. The standard InChI is InChI=1S/C9H18BrNO2/c1-4-13-5-8(12)11-7-9(2,3)6-10/h4-7H2,1-3H3,(H,11,12). The lowest BCUT2D eigenvalue weighted by atomic mass is 9.97. The first-order valence-corrected chi connectivity index (χ1v) is 5.54. The van der Waals surface area contributed by atoms with Crippen molar-refractivity contribution in [2.24, 2.45) is 5.41 Å². The van der Waals surface area contributed by atoms with E-state index in [1.54, 1.807) is 0 Å². The van der Waals surface area contributed by atoms with E-state index in [-0.39, 0.29) is 17.9 Å². The Morgan fingerprint density at radius 2 is 2.15 bits per heavy atom. The molecule has 0 radical (unpaired) electrons. The van der Waals surface area contributed by atoms with E-state index in [0.29, 0.717) is 13.2 Å². The van der Waals surface area contributed by atoms with Gasteiger partial charge in [-0.25, -0.2) is 0 Å². The van der Waals surface area contributed by atoms with Crippen LogP contribution >= 0.6 is 15.9 Å². The Labute approximate surface area is 88.4 Å². The lowest BCUT2D eigenvalue weighted by Gasteiger charge is -2.21. The Kier molecular flexibility index (Phi) is 6.33. The first-order chi connectivity index (χ1) is 6.02. The molecule has 0 aromatic carbocycles. The van der Waals surface area contributed by atoms with Crippen LogP contribution < -0.4 is 5.32 Å². The molecule has 0 aliphatic heterocycles. The summed E-state index contributed by atoms with van der Waals surface area (Å²) in [6, 6.07) is 0. The largest absolute Gasteiger partial charge is 0.372 e. The molecule has 0 aromatic rings. The molecule has 1 amide bonds. The highest BCUT2D eigenvalue weighted by atomic mass is 79.9. The van der Waals surface area contributed by atoms with E-state index in [0.717, 1.165) is 5.33 Å². The van der Waals surface area contributed by atoms with Gasteiger partial charge in [0.25, 0.3) is 0 Å². The highest BCUT2D eigenvalue weighted by Gasteiger charge is 2.16. The quantitative estimate of drug-likeness (QED) is 0.728. The van der Waals surface area contributed by atoms with Gasteiger partial charge in [0.15, 0.2) is 0 Å². The van der Waals surface area contributed by atoms with Crippen LogP contribution in [0.2, 0.25) is 0 Å². The summed E-state index contributed by atoms with van der Waals surface area (Å²) in [4.78, 5) is 11.1. The summed E-state index contributed by atoms with van der Waals surface area (Å²) in [7, 11) is 0. The molecule has 3 nitrogen and oxygen atoms in total. The van der Waals surface area contributed by atoms with Gasteiger partial charge in [-0.15, -0.1) is 0 Å². The second-order valence-electron chi connectivity index (χ2n) is 3.71. The molecule has 1 N–H and O–H groups in total. The summed E-state index contributed by atoms with van der Waals surface area (Å²) in [5.74, 6) is -0.0455. The molecule has 0 bridgehead atoms. The molecule has 0 atom stereocenters. The van der Waals surface area contributed by atoms with Gasteiger partial charge in [-0.3, -0.25) is 4.79 Å². The van der Waals surface area contributed by atoms with Crippen LogP contribution in [0.3, 0.4) is 0 Å². The van der Waals surface area contributed by atoms with Crippen molar-refractivity contribution in [2.45, 2.75) is 20.8 Å². The maximum atomic E-state index is 11.1. The third-order valence-electron chi connectivity index (χ3n) is 1.56. The number of halogens is 1. The van der Waals surface area contributed by atoms with E-state index in [2.05, 4.69) is 35.1 Å². The summed E-state index contributed by atoms with van der Waals surface area (Å²) < 4.78 is 4.97. The monoisotopic (exact) mass is 251 g/mol. The van der Waals surface area contributed by atoms with Gasteiger partial charge in [0.05, 0.1) is 0 Å². The van der Waals surface area contributed by atoms with Crippen LogP contribution in [0.15, 0.2) is 0 Å². The number of amides is 1. The molecular weight excluding hydrogens is 234 g/mol. The highest BCUT2D eigenvalue weighted by molar-refractivity contribution is 9.09. The Hall–Kier alpha value is -0.0900. The van der Waals surface area contributed by atoms with Crippen LogP contribution in [0.1, 0.15) is 20.8 Å². The number of carbonyl (C=O) groups is 1. The number of nitrogens with one attached hydrogen (secondary N) is 1. The molecule has 78 valence electrons. The number of rotatable bonds is 6. The average Bonchev–Trinajstić information content (AvgIpc) is 2.11. The molecule has 0 saturated carbocycles. The molecule has 0 saturated heterocycles. The molecule has 0 aliphatic carbocycles. The van der Waals surface area contributed by atoms with Gasteiger partial charge in [-0.2, -0.15) is 0 Å². The highest BCUT2D eigenvalue weighted by Crippen LogP contribution is 2.15. The van der Waals surface area contributed by atoms with Crippen molar-refractivity contribution in [3.05, 3.63) is 0 Å². The van der Waals surface area contributed by atoms with Crippen LogP contribution in [0.5, 0.6) is 0 Å². The Bertz CT molecular complexity index is 160. The van der Waals surface area contributed by atoms with Gasteiger partial charge < -0.3 is 10.1 Å². The molecule has 0 heterocycles. The molecule has 0 aromatic heterocycles. The molecule has 0 rings (SSSR count). The Balaban J connectivity index is 3.57. The summed E-state index contributed by atoms with van der Waals surface area (Å²) in [6.45, 7) is 7.45. The van der Waals surface area contributed by atoms with E-state index in [1.165, 1.54) is 0 Å². The van der Waals surface area contributed by atoms with E-state index in [4.69, 9.17) is 4.74 Å². The van der Waals surface area contributed by atoms with Crippen molar-refractivity contribution < 1.29 is 9.53 Å². The van der Waals surface area contributed by atoms with Gasteiger partial charge in [-0.05, 0) is 12.3 Å². The smallest absolute Gasteiger partial charge is 0.246 e. The van der Waals surface area contributed by atoms with Crippen LogP contribution in [0, 0.1) is 5.41 Å². The van der Waals surface area contributed by atoms with E-state index < -0.39 is 0 Å². The lowest BCUT2D eigenvalue weighted by Crippen LogP contribution is -2.36. The average molecular weight is 252 g/mol. The topological polar surface area (TPSA) is 38.3 Å². The summed E-state index contributed by atoms with van der Waals surface area (Å²) >= 11 is 3.39. The summed E-state index contributed by atoms with van der Waals surface area (Å²) in [5.41, 5.74) is 0.0991. The van der Waals surface area contributed by atoms with Gasteiger partial charge in [0, 0.05) is 18.5 Å². The number of carbonyl (C=O) groups excluding carboxylic acids is 1. The van der Waals surface area contributed by atoms with Gasteiger partial charge in [0.1, 0.15) is 6.61 Å². The van der Waals surface area contributed by atoms with Crippen LogP contribution in [-0.4, -0.2) is 31.0 Å². The third kappa shape index (κ3) is 7.02. The van der Waals surface area contributed by atoms with Crippen LogP contribution in [0.25, 0.3) is 0 Å². The number of alkyl halides is 1. The lowest BCUT2D eigenvalue weighted by molar-refractivity contribution is -0.125. The number of hydrogen-bond donors (Lipinski definition) is 1. The number of hydrogen-bond acceptors (Lipinski definition) is 2. The van der Waals surface area contributed by atoms with Crippen molar-refractivity contribution in [1.82, 2.24) is 5.32 Å². The summed E-state index contributed by atoms with van der Waals surface area (Å²) in [6.07, 6.45) is 0. The van der Waals surface area contributed by atoms with Crippen molar-refractivity contribution >= 4 is 21.8 Å². The molecule has 0 unspecified atom stereocenters. The predicted octanol–water partition coefficient (Wildman–Crippen LogP) is 1.56. The molecule has 4 heteroatoms. The van der Waals surface area contributed by atoms with E-state index in [9.17, 15) is 4.79 Å². The predicted molar refractivity (Wildman–Crippen MR) is 57.1 cm³/mol. The van der Waals surface area contributed by atoms with Crippen LogP contribution in [0.4, 0.5) is 0 Å². The Morgan fingerprint density at radius 3 is 2.62 bits per heavy atom. The van der Waals surface area contributed by atoms with E-state index >= 15 is 0 Å². The van der Waals surface area contributed by atoms with Gasteiger partial charge in [-0.1, -0.05) is 29.8 Å². The first kappa shape index (κ1) is 12.9. The number of ether oxygens (including phenoxy) is 1. The minimum absolute atomic E-state index is 0.0455. The normalized spacial score (nSPS) is 11.4. The van der Waals surface area contributed by atoms with Crippen molar-refractivity contribution in [3.63, 3.8) is 0 Å². The molecule has 13 heavy (non-hydrogen) atoms. The summed E-state index contributed by atoms with van der Waals surface area (Å²) in [5, 5.41) is 3.68. The Morgan fingerprint density at radius 1 is 1.54 bits per heavy atom. The zero-order valence-corrected chi connectivity index (χ0v) is 10.1. The fourth-order valence-corrected chi connectivity index (χ4v) is 0.829. The molecule has 0 fully saturated rings. The van der Waals surface area contributed by atoms with Crippen molar-refractivity contribution in [1.29, 1.82) is 0 Å². The fraction of sp³-hybridized carbons (Fsp3) is 0.889. The zero-order chi connectivity index (χ0) is 10.3. The van der Waals surface area contributed by atoms with Crippen molar-refractivity contribution in [2.75, 3.05) is 25.1 Å². The second kappa shape index (κ2) is 6.38. The van der Waals surface area contributed by atoms with Crippen molar-refractivity contribution in [3.8, 4) is 0 Å². The molecule has 0 spiro atoms. The van der Waals surface area contributed by atoms with E-state index in [1.807, 2.05) is 6.92 Å². The molecular formula is C9H18BrNO2. The van der Waals surface area contributed by atoms with Crippen LogP contribution in [-0.2, 0) is 9.53 Å². The molecule has 0 aliphatic rings. The maximum absolute atomic E-state index is 11.1. The maximum Gasteiger partial charge on any atom is 0.246 e. The zero-order valence-electron chi connectivity index (χ0n) is 8.52. The SMILES string of the molecule is CCOCC(=O)NCC(C)(C)CBr. The second-order valence-corrected chi connectivity index (χ2v) is 4.27. The minimum atomic E-state index is -0.0455. The minimum Gasteiger partial charge on any atom is -0.372 e. The third-order valence-corrected chi connectivity index (χ3v) is 3.08. The fourth-order valence-electron chi connectivity index (χ4n) is 0.631. The van der Waals surface area contributed by atoms with Gasteiger partial charge >= 0.3 is 0 Å². The van der Waals surface area contributed by atoms with Gasteiger partial charge in [0.2, 0.25) is 5.91 Å².